The van der Waals surface area contributed by atoms with Crippen LogP contribution in [0.15, 0.2) is 47.6 Å². The van der Waals surface area contributed by atoms with Gasteiger partial charge in [0.25, 0.3) is 5.91 Å². The Labute approximate surface area is 152 Å². The lowest BCUT2D eigenvalue weighted by Crippen LogP contribution is -2.25. The summed E-state index contributed by atoms with van der Waals surface area (Å²) in [6.45, 7) is 1.60. The van der Waals surface area contributed by atoms with Gasteiger partial charge in [-0.05, 0) is 37.3 Å². The van der Waals surface area contributed by atoms with Crippen LogP contribution in [0, 0.1) is 0 Å². The Morgan fingerprint density at radius 3 is 2.19 bits per heavy atom. The van der Waals surface area contributed by atoms with Crippen molar-refractivity contribution in [3.05, 3.63) is 48.0 Å². The van der Waals surface area contributed by atoms with E-state index in [9.17, 15) is 4.79 Å². The van der Waals surface area contributed by atoms with Crippen molar-refractivity contribution >= 4 is 11.6 Å². The summed E-state index contributed by atoms with van der Waals surface area (Å²) in [7, 11) is 4.67. The number of hydrogen-bond donors (Lipinski definition) is 1. The third-order valence-electron chi connectivity index (χ3n) is 3.58. The van der Waals surface area contributed by atoms with Gasteiger partial charge in [0.1, 0.15) is 0 Å². The molecule has 1 N–H and O–H groups in total. The molecule has 0 unspecified atom stereocenters. The maximum Gasteiger partial charge on any atom is 0.277 e. The number of benzene rings is 2. The molecule has 26 heavy (non-hydrogen) atoms. The van der Waals surface area contributed by atoms with Crippen molar-refractivity contribution in [3.63, 3.8) is 0 Å². The summed E-state index contributed by atoms with van der Waals surface area (Å²) in [5.74, 6) is 1.88. The largest absolute Gasteiger partial charge is 0.493 e. The van der Waals surface area contributed by atoms with Gasteiger partial charge in [-0.25, -0.2) is 5.43 Å². The van der Waals surface area contributed by atoms with E-state index in [1.807, 2.05) is 12.1 Å². The number of carbonyl (C=O) groups excluding carboxylic acids is 1. The lowest BCUT2D eigenvalue weighted by Gasteiger charge is -2.10. The summed E-state index contributed by atoms with van der Waals surface area (Å²) in [6, 6.07) is 12.5. The fourth-order valence-electron chi connectivity index (χ4n) is 2.19. The van der Waals surface area contributed by atoms with Gasteiger partial charge >= 0.3 is 0 Å². The molecule has 2 rings (SSSR count). The van der Waals surface area contributed by atoms with Crippen LogP contribution in [0.1, 0.15) is 12.5 Å². The van der Waals surface area contributed by atoms with Crippen molar-refractivity contribution in [1.82, 2.24) is 5.43 Å². The zero-order valence-corrected chi connectivity index (χ0v) is 15.2. The zero-order chi connectivity index (χ0) is 18.9. The lowest BCUT2D eigenvalue weighted by atomic mass is 10.1. The molecule has 0 spiro atoms. The minimum atomic E-state index is -0.379. The number of nitrogens with one attached hydrogen (secondary N) is 1. The first-order chi connectivity index (χ1) is 12.6. The van der Waals surface area contributed by atoms with E-state index in [2.05, 4.69) is 10.5 Å². The number of hydrazone groups is 1. The van der Waals surface area contributed by atoms with E-state index in [1.54, 1.807) is 58.6 Å². The van der Waals surface area contributed by atoms with Crippen LogP contribution in [-0.4, -0.2) is 39.6 Å². The van der Waals surface area contributed by atoms with Crippen LogP contribution in [0.5, 0.6) is 23.0 Å². The molecule has 0 saturated heterocycles. The lowest BCUT2D eigenvalue weighted by molar-refractivity contribution is -0.123. The molecular weight excluding hydrogens is 336 g/mol. The first-order valence-electron chi connectivity index (χ1n) is 7.90. The van der Waals surface area contributed by atoms with Crippen LogP contribution in [0.4, 0.5) is 0 Å². The molecule has 7 heteroatoms. The normalized spacial score (nSPS) is 10.8. The maximum atomic E-state index is 11.9. The Morgan fingerprint density at radius 1 is 0.923 bits per heavy atom. The molecule has 0 heterocycles. The number of hydrogen-bond acceptors (Lipinski definition) is 6. The van der Waals surface area contributed by atoms with E-state index in [4.69, 9.17) is 18.9 Å². The van der Waals surface area contributed by atoms with Gasteiger partial charge in [0.2, 0.25) is 0 Å². The Hall–Kier alpha value is -3.22. The molecule has 0 fully saturated rings. The molecule has 2 aromatic rings. The highest BCUT2D eigenvalue weighted by atomic mass is 16.5. The van der Waals surface area contributed by atoms with Crippen molar-refractivity contribution < 1.29 is 23.7 Å². The molecule has 2 aromatic carbocycles. The molecule has 0 aliphatic carbocycles. The average Bonchev–Trinajstić information content (AvgIpc) is 2.69. The number of amides is 1. The van der Waals surface area contributed by atoms with Crippen LogP contribution in [0.25, 0.3) is 0 Å². The monoisotopic (exact) mass is 358 g/mol. The standard InChI is InChI=1S/C19H22N2O5/c1-13(14-9-10-16(24-3)18(11-14)25-4)20-21-19(22)12-26-17-8-6-5-7-15(17)23-2/h5-11H,12H2,1-4H3,(H,21,22)/b20-13-. The van der Waals surface area contributed by atoms with E-state index in [-0.39, 0.29) is 12.5 Å². The fourth-order valence-corrected chi connectivity index (χ4v) is 2.19. The van der Waals surface area contributed by atoms with Gasteiger partial charge in [-0.1, -0.05) is 12.1 Å². The first-order valence-corrected chi connectivity index (χ1v) is 7.90. The van der Waals surface area contributed by atoms with Crippen molar-refractivity contribution in [1.29, 1.82) is 0 Å². The summed E-state index contributed by atoms with van der Waals surface area (Å²) in [6.07, 6.45) is 0. The molecule has 0 radical (unpaired) electrons. The number of rotatable bonds is 8. The van der Waals surface area contributed by atoms with Crippen molar-refractivity contribution in [2.45, 2.75) is 6.92 Å². The van der Waals surface area contributed by atoms with Crippen LogP contribution in [0.2, 0.25) is 0 Å². The summed E-state index contributed by atoms with van der Waals surface area (Å²) >= 11 is 0. The molecule has 0 atom stereocenters. The third kappa shape index (κ3) is 4.89. The van der Waals surface area contributed by atoms with E-state index in [1.165, 1.54) is 0 Å². The van der Waals surface area contributed by atoms with Gasteiger partial charge in [0, 0.05) is 5.56 Å². The minimum Gasteiger partial charge on any atom is -0.493 e. The second-order valence-corrected chi connectivity index (χ2v) is 5.24. The van der Waals surface area contributed by atoms with Crippen molar-refractivity contribution in [2.75, 3.05) is 27.9 Å². The number of nitrogens with zero attached hydrogens (tertiary/aromatic N) is 1. The molecular formula is C19H22N2O5. The highest BCUT2D eigenvalue weighted by Crippen LogP contribution is 2.28. The predicted octanol–water partition coefficient (Wildman–Crippen LogP) is 2.63. The van der Waals surface area contributed by atoms with Gasteiger partial charge in [0.05, 0.1) is 27.0 Å². The molecule has 7 nitrogen and oxygen atoms in total. The highest BCUT2D eigenvalue weighted by molar-refractivity contribution is 5.99. The van der Waals surface area contributed by atoms with E-state index in [0.717, 1.165) is 5.56 Å². The Balaban J connectivity index is 1.96. The third-order valence-corrected chi connectivity index (χ3v) is 3.58. The molecule has 1 amide bonds. The van der Waals surface area contributed by atoms with E-state index in [0.29, 0.717) is 28.7 Å². The maximum absolute atomic E-state index is 11.9. The molecule has 0 aromatic heterocycles. The second-order valence-electron chi connectivity index (χ2n) is 5.24. The number of carbonyl (C=O) groups is 1. The molecule has 0 aliphatic rings. The number of para-hydroxylation sites is 2. The Bertz CT molecular complexity index is 789. The predicted molar refractivity (Wildman–Crippen MR) is 98.4 cm³/mol. The summed E-state index contributed by atoms with van der Waals surface area (Å²) < 4.78 is 21.1. The number of methoxy groups -OCH3 is 3. The van der Waals surface area contributed by atoms with Gasteiger partial charge < -0.3 is 18.9 Å². The van der Waals surface area contributed by atoms with Crippen LogP contribution in [0.3, 0.4) is 0 Å². The van der Waals surface area contributed by atoms with Gasteiger partial charge in [0.15, 0.2) is 29.6 Å². The quantitative estimate of drug-likeness (QED) is 0.580. The van der Waals surface area contributed by atoms with Gasteiger partial charge in [-0.3, -0.25) is 4.79 Å². The smallest absolute Gasteiger partial charge is 0.277 e. The van der Waals surface area contributed by atoms with Crippen molar-refractivity contribution in [3.8, 4) is 23.0 Å². The Kier molecular flexibility index (Phi) is 6.84. The van der Waals surface area contributed by atoms with E-state index < -0.39 is 0 Å². The fraction of sp³-hybridized carbons (Fsp3) is 0.263. The molecule has 0 aliphatic heterocycles. The first kappa shape index (κ1) is 19.1. The summed E-state index contributed by atoms with van der Waals surface area (Å²) in [5, 5.41) is 4.09. The molecule has 0 bridgehead atoms. The summed E-state index contributed by atoms with van der Waals surface area (Å²) in [5.41, 5.74) is 3.89. The van der Waals surface area contributed by atoms with Crippen molar-refractivity contribution in [2.24, 2.45) is 5.10 Å². The summed E-state index contributed by atoms with van der Waals surface area (Å²) in [4.78, 5) is 11.9. The zero-order valence-electron chi connectivity index (χ0n) is 15.2. The molecule has 0 saturated carbocycles. The van der Waals surface area contributed by atoms with Crippen LogP contribution in [-0.2, 0) is 4.79 Å². The van der Waals surface area contributed by atoms with Crippen LogP contribution >= 0.6 is 0 Å². The van der Waals surface area contributed by atoms with Gasteiger partial charge in [-0.2, -0.15) is 5.10 Å². The number of ether oxygens (including phenoxy) is 4. The SMILES string of the molecule is COc1ccc(/C(C)=N\NC(=O)COc2ccccc2OC)cc1OC. The topological polar surface area (TPSA) is 78.4 Å². The Morgan fingerprint density at radius 2 is 1.54 bits per heavy atom. The minimum absolute atomic E-state index is 0.177. The van der Waals surface area contributed by atoms with Gasteiger partial charge in [-0.15, -0.1) is 0 Å². The van der Waals surface area contributed by atoms with E-state index >= 15 is 0 Å². The highest BCUT2D eigenvalue weighted by Gasteiger charge is 2.08. The second kappa shape index (κ2) is 9.31. The average molecular weight is 358 g/mol. The van der Waals surface area contributed by atoms with Crippen LogP contribution < -0.4 is 24.4 Å². The molecule has 138 valence electrons.